The van der Waals surface area contributed by atoms with Crippen LogP contribution in [-0.4, -0.2) is 55.4 Å². The van der Waals surface area contributed by atoms with Crippen molar-refractivity contribution in [3.05, 3.63) is 23.8 Å². The molecule has 0 saturated carbocycles. The van der Waals surface area contributed by atoms with Crippen molar-refractivity contribution in [2.24, 2.45) is 0 Å². The van der Waals surface area contributed by atoms with Gasteiger partial charge in [0.25, 0.3) is 10.1 Å². The van der Waals surface area contributed by atoms with E-state index in [1.807, 2.05) is 6.92 Å². The van der Waals surface area contributed by atoms with Crippen LogP contribution in [0.25, 0.3) is 0 Å². The molecule has 1 aromatic rings. The van der Waals surface area contributed by atoms with Crippen LogP contribution >= 0.6 is 0 Å². The minimum atomic E-state index is -4.12. The van der Waals surface area contributed by atoms with Crippen LogP contribution in [0.5, 0.6) is 0 Å². The summed E-state index contributed by atoms with van der Waals surface area (Å²) >= 11 is 0. The lowest BCUT2D eigenvalue weighted by atomic mass is 10.1. The van der Waals surface area contributed by atoms with Gasteiger partial charge in [0.1, 0.15) is 6.23 Å². The summed E-state index contributed by atoms with van der Waals surface area (Å²) in [6.45, 7) is 7.56. The molecule has 7 nitrogen and oxygen atoms in total. The van der Waals surface area contributed by atoms with Crippen molar-refractivity contribution in [3.8, 4) is 0 Å². The zero-order valence-electron chi connectivity index (χ0n) is 13.0. The Kier molecular flexibility index (Phi) is 7.24. The maximum Gasteiger partial charge on any atom is 0.294 e. The molecule has 126 valence electrons. The Hall–Kier alpha value is -1.19. The molecule has 8 heteroatoms. The topological polar surface area (TPSA) is 116 Å². The van der Waals surface area contributed by atoms with E-state index in [2.05, 4.69) is 10.2 Å². The molecule has 1 aliphatic heterocycles. The first kappa shape index (κ1) is 18.9. The second-order valence-electron chi connectivity index (χ2n) is 5.11. The molecule has 5 N–H and O–H groups in total. The average molecular weight is 331 g/mol. The van der Waals surface area contributed by atoms with Crippen LogP contribution in [0.3, 0.4) is 0 Å². The van der Waals surface area contributed by atoms with Crippen molar-refractivity contribution >= 4 is 15.8 Å². The quantitative estimate of drug-likeness (QED) is 0.465. The Bertz CT molecular complexity index is 569. The molecule has 0 amide bonds. The van der Waals surface area contributed by atoms with Gasteiger partial charge >= 0.3 is 0 Å². The number of piperazine rings is 1. The third-order valence-electron chi connectivity index (χ3n) is 3.42. The fraction of sp³-hybridized carbons (Fsp3) is 0.571. The van der Waals surface area contributed by atoms with Gasteiger partial charge in [-0.2, -0.15) is 8.42 Å². The Balaban J connectivity index is 0.000000235. The highest BCUT2D eigenvalue weighted by Gasteiger charge is 2.14. The minimum absolute atomic E-state index is 0.0656. The molecular formula is C14H25N3O4S. The van der Waals surface area contributed by atoms with Gasteiger partial charge in [0.15, 0.2) is 0 Å². The molecule has 1 atom stereocenters. The maximum absolute atomic E-state index is 10.8. The van der Waals surface area contributed by atoms with Gasteiger partial charge in [-0.1, -0.05) is 6.92 Å². The van der Waals surface area contributed by atoms with E-state index in [-0.39, 0.29) is 11.1 Å². The number of nitrogens with two attached hydrogens (primary N) is 1. The number of nitrogen functional groups attached to an aromatic ring is 1. The molecular weight excluding hydrogens is 306 g/mol. The van der Waals surface area contributed by atoms with E-state index in [1.165, 1.54) is 12.1 Å². The van der Waals surface area contributed by atoms with Crippen molar-refractivity contribution in [1.29, 1.82) is 0 Å². The van der Waals surface area contributed by atoms with Crippen LogP contribution in [0.1, 0.15) is 19.4 Å². The molecule has 0 aliphatic carbocycles. The number of nitrogens with zero attached hydrogens (tertiary/aromatic N) is 1. The first-order valence-corrected chi connectivity index (χ1v) is 8.68. The van der Waals surface area contributed by atoms with Gasteiger partial charge in [-0.3, -0.25) is 9.45 Å². The summed E-state index contributed by atoms with van der Waals surface area (Å²) in [6, 6.07) is 4.30. The van der Waals surface area contributed by atoms with Crippen LogP contribution in [-0.2, 0) is 16.5 Å². The molecule has 1 aliphatic rings. The van der Waals surface area contributed by atoms with Crippen molar-refractivity contribution in [2.45, 2.75) is 31.4 Å². The molecule has 1 heterocycles. The van der Waals surface area contributed by atoms with Crippen LogP contribution in [0.2, 0.25) is 0 Å². The molecule has 0 radical (unpaired) electrons. The minimum Gasteiger partial charge on any atom is -0.399 e. The third-order valence-corrected chi connectivity index (χ3v) is 4.38. The maximum atomic E-state index is 10.8. The van der Waals surface area contributed by atoms with E-state index >= 15 is 0 Å². The van der Waals surface area contributed by atoms with E-state index in [1.54, 1.807) is 13.0 Å². The summed E-state index contributed by atoms with van der Waals surface area (Å²) in [6.07, 6.45) is 0.243. The number of aliphatic hydroxyl groups is 1. The summed E-state index contributed by atoms with van der Waals surface area (Å²) in [5, 5.41) is 12.3. The standard InChI is InChI=1S/C8H11NO3S.C6H14N2O/c1-2-6-5-7(9)3-4-8(6)13(10,11)12;1-6(9)8-4-2-7-3-5-8/h3-5H,2,9H2,1H3,(H,10,11,12);6-7,9H,2-5H2,1H3. The van der Waals surface area contributed by atoms with Crippen molar-refractivity contribution in [1.82, 2.24) is 10.2 Å². The summed E-state index contributed by atoms with van der Waals surface area (Å²) in [5.74, 6) is 0. The van der Waals surface area contributed by atoms with Gasteiger partial charge in [0.05, 0.1) is 4.90 Å². The lowest BCUT2D eigenvalue weighted by molar-refractivity contribution is 0.0112. The number of benzene rings is 1. The summed E-state index contributed by atoms with van der Waals surface area (Å²) < 4.78 is 30.5. The highest BCUT2D eigenvalue weighted by Crippen LogP contribution is 2.18. The molecule has 22 heavy (non-hydrogen) atoms. The molecule has 1 unspecified atom stereocenters. The van der Waals surface area contributed by atoms with E-state index in [0.717, 1.165) is 26.2 Å². The summed E-state index contributed by atoms with van der Waals surface area (Å²) in [4.78, 5) is 1.99. The SMILES string of the molecule is CC(O)N1CCNCC1.CCc1cc(N)ccc1S(=O)(=O)O. The van der Waals surface area contributed by atoms with Gasteiger partial charge in [-0.05, 0) is 37.1 Å². The fourth-order valence-electron chi connectivity index (χ4n) is 2.18. The zero-order valence-corrected chi connectivity index (χ0v) is 13.8. The number of aryl methyl sites for hydroxylation is 1. The molecule has 1 fully saturated rings. The monoisotopic (exact) mass is 331 g/mol. The number of nitrogens with one attached hydrogen (secondary N) is 1. The van der Waals surface area contributed by atoms with Crippen molar-refractivity contribution < 1.29 is 18.1 Å². The van der Waals surface area contributed by atoms with Crippen molar-refractivity contribution in [2.75, 3.05) is 31.9 Å². The third kappa shape index (κ3) is 5.90. The van der Waals surface area contributed by atoms with E-state index in [0.29, 0.717) is 17.7 Å². The predicted octanol–water partition coefficient (Wildman–Crippen LogP) is 0.308. The van der Waals surface area contributed by atoms with Gasteiger partial charge in [0.2, 0.25) is 0 Å². The average Bonchev–Trinajstić information content (AvgIpc) is 2.47. The molecule has 0 aromatic heterocycles. The van der Waals surface area contributed by atoms with Crippen LogP contribution < -0.4 is 11.1 Å². The largest absolute Gasteiger partial charge is 0.399 e. The summed E-state index contributed by atoms with van der Waals surface area (Å²) in [7, 11) is -4.12. The Morgan fingerprint density at radius 1 is 1.36 bits per heavy atom. The Morgan fingerprint density at radius 3 is 2.36 bits per heavy atom. The number of rotatable bonds is 3. The highest BCUT2D eigenvalue weighted by atomic mass is 32.2. The number of aliphatic hydroxyl groups excluding tert-OH is 1. The summed E-state index contributed by atoms with van der Waals surface area (Å²) in [5.41, 5.74) is 6.49. The van der Waals surface area contributed by atoms with Gasteiger partial charge in [0, 0.05) is 31.9 Å². The van der Waals surface area contributed by atoms with Crippen molar-refractivity contribution in [3.63, 3.8) is 0 Å². The number of anilines is 1. The van der Waals surface area contributed by atoms with E-state index in [4.69, 9.17) is 15.4 Å². The second kappa shape index (κ2) is 8.44. The van der Waals surface area contributed by atoms with Crippen LogP contribution in [0.4, 0.5) is 5.69 Å². The van der Waals surface area contributed by atoms with Crippen LogP contribution in [0, 0.1) is 0 Å². The number of hydrogen-bond donors (Lipinski definition) is 4. The first-order chi connectivity index (χ1) is 10.3. The van der Waals surface area contributed by atoms with Gasteiger partial charge in [-0.15, -0.1) is 0 Å². The molecule has 1 aromatic carbocycles. The lowest BCUT2D eigenvalue weighted by Gasteiger charge is -2.29. The first-order valence-electron chi connectivity index (χ1n) is 7.24. The van der Waals surface area contributed by atoms with E-state index in [9.17, 15) is 8.42 Å². The Labute approximate surface area is 131 Å². The normalized spacial score (nSPS) is 17.5. The fourth-order valence-corrected chi connectivity index (χ4v) is 2.96. The zero-order chi connectivity index (χ0) is 16.8. The van der Waals surface area contributed by atoms with E-state index < -0.39 is 10.1 Å². The number of hydrogen-bond acceptors (Lipinski definition) is 6. The second-order valence-corrected chi connectivity index (χ2v) is 6.50. The molecule has 1 saturated heterocycles. The molecule has 0 bridgehead atoms. The highest BCUT2D eigenvalue weighted by molar-refractivity contribution is 7.85. The van der Waals surface area contributed by atoms with Crippen LogP contribution in [0.15, 0.2) is 23.1 Å². The molecule has 0 spiro atoms. The smallest absolute Gasteiger partial charge is 0.294 e. The van der Waals surface area contributed by atoms with Gasteiger partial charge in [-0.25, -0.2) is 0 Å². The Morgan fingerprint density at radius 2 is 1.95 bits per heavy atom. The van der Waals surface area contributed by atoms with Gasteiger partial charge < -0.3 is 16.2 Å². The predicted molar refractivity (Wildman–Crippen MR) is 86.2 cm³/mol. The lowest BCUT2D eigenvalue weighted by Crippen LogP contribution is -2.47. The molecule has 2 rings (SSSR count).